The van der Waals surface area contributed by atoms with Crippen molar-refractivity contribution in [3.05, 3.63) is 40.5 Å². The number of aryl methyl sites for hydroxylation is 1. The highest BCUT2D eigenvalue weighted by atomic mass is 35.5. The first-order valence-corrected chi connectivity index (χ1v) is 6.15. The van der Waals surface area contributed by atoms with Gasteiger partial charge in [-0.25, -0.2) is 4.68 Å². The minimum atomic E-state index is 0.617. The zero-order valence-electron chi connectivity index (χ0n) is 9.65. The van der Waals surface area contributed by atoms with E-state index < -0.39 is 0 Å². The van der Waals surface area contributed by atoms with Gasteiger partial charge >= 0.3 is 0 Å². The van der Waals surface area contributed by atoms with E-state index >= 15 is 0 Å². The van der Waals surface area contributed by atoms with Crippen LogP contribution in [0.2, 0.25) is 5.02 Å². The van der Waals surface area contributed by atoms with Crippen LogP contribution in [0.1, 0.15) is 30.0 Å². The summed E-state index contributed by atoms with van der Waals surface area (Å²) in [6.45, 7) is 2.01. The number of halogens is 1. The van der Waals surface area contributed by atoms with E-state index in [0.717, 1.165) is 22.0 Å². The molecule has 2 aromatic rings. The molecule has 0 atom stereocenters. The normalized spacial score (nSPS) is 15.2. The second-order valence-corrected chi connectivity index (χ2v) is 5.05. The number of anilines is 1. The lowest BCUT2D eigenvalue weighted by Crippen LogP contribution is -2.03. The molecule has 1 aliphatic carbocycles. The fraction of sp³-hybridized carbons (Fsp3) is 0.308. The molecule has 1 fully saturated rings. The predicted octanol–water partition coefficient (Wildman–Crippen LogP) is 3.29. The van der Waals surface area contributed by atoms with E-state index in [1.54, 1.807) is 4.68 Å². The Hall–Kier alpha value is -1.48. The van der Waals surface area contributed by atoms with Crippen LogP contribution >= 0.6 is 11.6 Å². The third kappa shape index (κ3) is 1.91. The van der Waals surface area contributed by atoms with Crippen LogP contribution in [0.3, 0.4) is 0 Å². The molecule has 1 aromatic carbocycles. The Morgan fingerprint density at radius 3 is 2.76 bits per heavy atom. The molecular formula is C13H14ClN3. The topological polar surface area (TPSA) is 43.8 Å². The molecule has 1 heterocycles. The zero-order valence-corrected chi connectivity index (χ0v) is 10.4. The largest absolute Gasteiger partial charge is 0.384 e. The molecule has 0 bridgehead atoms. The van der Waals surface area contributed by atoms with Gasteiger partial charge in [0.2, 0.25) is 0 Å². The maximum atomic E-state index is 6.01. The number of nitrogens with zero attached hydrogens (tertiary/aromatic N) is 2. The molecule has 4 heteroatoms. The third-order valence-corrected chi connectivity index (χ3v) is 3.37. The Balaban J connectivity index is 2.07. The van der Waals surface area contributed by atoms with Crippen molar-refractivity contribution in [2.75, 3.05) is 5.73 Å². The van der Waals surface area contributed by atoms with Gasteiger partial charge in [0.05, 0.1) is 11.4 Å². The molecule has 3 nitrogen and oxygen atoms in total. The summed E-state index contributed by atoms with van der Waals surface area (Å²) in [6, 6.07) is 7.72. The second-order valence-electron chi connectivity index (χ2n) is 4.61. The van der Waals surface area contributed by atoms with Crippen molar-refractivity contribution in [2.45, 2.75) is 25.7 Å². The average Bonchev–Trinajstić information content (AvgIpc) is 3.04. The minimum Gasteiger partial charge on any atom is -0.384 e. The van der Waals surface area contributed by atoms with Crippen molar-refractivity contribution in [3.8, 4) is 5.69 Å². The Morgan fingerprint density at radius 1 is 1.35 bits per heavy atom. The van der Waals surface area contributed by atoms with Crippen LogP contribution in [-0.4, -0.2) is 9.78 Å². The molecule has 0 aliphatic heterocycles. The monoisotopic (exact) mass is 247 g/mol. The smallest absolute Gasteiger partial charge is 0.127 e. The minimum absolute atomic E-state index is 0.617. The molecule has 0 saturated heterocycles. The maximum Gasteiger partial charge on any atom is 0.127 e. The fourth-order valence-electron chi connectivity index (χ4n) is 2.04. The van der Waals surface area contributed by atoms with Gasteiger partial charge in [-0.2, -0.15) is 5.10 Å². The molecule has 1 aromatic heterocycles. The summed E-state index contributed by atoms with van der Waals surface area (Å²) < 4.78 is 1.80. The van der Waals surface area contributed by atoms with Gasteiger partial charge in [-0.05, 0) is 43.5 Å². The van der Waals surface area contributed by atoms with E-state index in [4.69, 9.17) is 17.3 Å². The van der Waals surface area contributed by atoms with Crippen LogP contribution in [0.4, 0.5) is 5.82 Å². The average molecular weight is 248 g/mol. The molecule has 0 radical (unpaired) electrons. The first-order valence-electron chi connectivity index (χ1n) is 5.77. The molecule has 2 N–H and O–H groups in total. The van der Waals surface area contributed by atoms with Gasteiger partial charge in [-0.3, -0.25) is 0 Å². The van der Waals surface area contributed by atoms with Gasteiger partial charge in [0.1, 0.15) is 5.82 Å². The van der Waals surface area contributed by atoms with Crippen molar-refractivity contribution in [1.29, 1.82) is 0 Å². The van der Waals surface area contributed by atoms with E-state index in [-0.39, 0.29) is 0 Å². The molecule has 17 heavy (non-hydrogen) atoms. The molecule has 0 unspecified atom stereocenters. The Kier molecular flexibility index (Phi) is 2.37. The van der Waals surface area contributed by atoms with Gasteiger partial charge in [-0.15, -0.1) is 0 Å². The van der Waals surface area contributed by atoms with E-state index in [9.17, 15) is 0 Å². The van der Waals surface area contributed by atoms with Gasteiger partial charge in [0.15, 0.2) is 0 Å². The van der Waals surface area contributed by atoms with E-state index in [0.29, 0.717) is 11.7 Å². The second kappa shape index (κ2) is 3.77. The number of hydrogen-bond donors (Lipinski definition) is 1. The van der Waals surface area contributed by atoms with Crippen molar-refractivity contribution in [1.82, 2.24) is 9.78 Å². The van der Waals surface area contributed by atoms with Crippen molar-refractivity contribution in [3.63, 3.8) is 0 Å². The summed E-state index contributed by atoms with van der Waals surface area (Å²) in [6.07, 6.45) is 2.46. The molecule has 0 spiro atoms. The van der Waals surface area contributed by atoms with Crippen LogP contribution in [0.5, 0.6) is 0 Å². The molecule has 88 valence electrons. The van der Waals surface area contributed by atoms with Crippen LogP contribution in [0.15, 0.2) is 24.3 Å². The molecular weight excluding hydrogens is 234 g/mol. The van der Waals surface area contributed by atoms with E-state index in [1.165, 1.54) is 12.8 Å². The first-order chi connectivity index (χ1) is 8.15. The summed E-state index contributed by atoms with van der Waals surface area (Å²) >= 11 is 5.95. The van der Waals surface area contributed by atoms with Crippen molar-refractivity contribution >= 4 is 17.4 Å². The molecule has 0 amide bonds. The SMILES string of the molecule is Cc1cc(Cl)ccc1-n1nc(C2CC2)cc1N. The lowest BCUT2D eigenvalue weighted by atomic mass is 10.2. The maximum absolute atomic E-state index is 6.01. The Morgan fingerprint density at radius 2 is 2.12 bits per heavy atom. The molecule has 3 rings (SSSR count). The highest BCUT2D eigenvalue weighted by Gasteiger charge is 2.27. The van der Waals surface area contributed by atoms with Crippen LogP contribution in [0.25, 0.3) is 5.69 Å². The lowest BCUT2D eigenvalue weighted by Gasteiger charge is -2.07. The summed E-state index contributed by atoms with van der Waals surface area (Å²) in [5.41, 5.74) is 9.20. The first kappa shape index (κ1) is 10.7. The van der Waals surface area contributed by atoms with Gasteiger partial charge in [0.25, 0.3) is 0 Å². The predicted molar refractivity (Wildman–Crippen MR) is 69.7 cm³/mol. The summed E-state index contributed by atoms with van der Waals surface area (Å²) in [5.74, 6) is 1.31. The zero-order chi connectivity index (χ0) is 12.0. The van der Waals surface area contributed by atoms with Crippen LogP contribution < -0.4 is 5.73 Å². The quantitative estimate of drug-likeness (QED) is 0.885. The third-order valence-electron chi connectivity index (χ3n) is 3.14. The van der Waals surface area contributed by atoms with Crippen LogP contribution in [-0.2, 0) is 0 Å². The highest BCUT2D eigenvalue weighted by molar-refractivity contribution is 6.30. The van der Waals surface area contributed by atoms with Crippen LogP contribution in [0, 0.1) is 6.92 Å². The number of nitrogens with two attached hydrogens (primary N) is 1. The summed E-state index contributed by atoms with van der Waals surface area (Å²) in [7, 11) is 0. The van der Waals surface area contributed by atoms with Gasteiger partial charge in [0, 0.05) is 17.0 Å². The van der Waals surface area contributed by atoms with E-state index in [1.807, 2.05) is 31.2 Å². The Labute approximate surface area is 105 Å². The molecule has 1 aliphatic rings. The number of nitrogen functional groups attached to an aromatic ring is 1. The summed E-state index contributed by atoms with van der Waals surface area (Å²) in [5, 5.41) is 5.32. The number of rotatable bonds is 2. The Bertz CT molecular complexity index is 570. The van der Waals surface area contributed by atoms with Gasteiger partial charge < -0.3 is 5.73 Å². The number of benzene rings is 1. The van der Waals surface area contributed by atoms with Crippen molar-refractivity contribution < 1.29 is 0 Å². The standard InChI is InChI=1S/C13H14ClN3/c1-8-6-10(14)4-5-12(8)17-13(15)7-11(16-17)9-2-3-9/h4-7,9H,2-3,15H2,1H3. The highest BCUT2D eigenvalue weighted by Crippen LogP contribution is 2.40. The summed E-state index contributed by atoms with van der Waals surface area (Å²) in [4.78, 5) is 0. The van der Waals surface area contributed by atoms with Gasteiger partial charge in [-0.1, -0.05) is 11.6 Å². The van der Waals surface area contributed by atoms with E-state index in [2.05, 4.69) is 5.10 Å². The fourth-order valence-corrected chi connectivity index (χ4v) is 2.27. The number of aromatic nitrogens is 2. The number of hydrogen-bond acceptors (Lipinski definition) is 2. The lowest BCUT2D eigenvalue weighted by molar-refractivity contribution is 0.839. The molecule has 1 saturated carbocycles. The van der Waals surface area contributed by atoms with Crippen molar-refractivity contribution in [2.24, 2.45) is 0 Å².